The van der Waals surface area contributed by atoms with Crippen molar-refractivity contribution in [2.24, 2.45) is 17.0 Å². The average Bonchev–Trinajstić information content (AvgIpc) is 3.69. The van der Waals surface area contributed by atoms with Crippen molar-refractivity contribution < 1.29 is 28.5 Å². The number of hydrogen-bond donors (Lipinski definition) is 1. The lowest BCUT2D eigenvalue weighted by Gasteiger charge is -2.32. The summed E-state index contributed by atoms with van der Waals surface area (Å²) < 4.78 is 23.0. The number of fused-ring (bicyclic) bond motifs is 2. The molecule has 4 fully saturated rings. The molecule has 0 aromatic heterocycles. The molecule has 7 atom stereocenters. The number of ketones is 1. The van der Waals surface area contributed by atoms with Crippen molar-refractivity contribution >= 4 is 11.8 Å². The molecule has 8 nitrogen and oxygen atoms in total. The van der Waals surface area contributed by atoms with E-state index in [1.54, 1.807) is 0 Å². The Bertz CT molecular complexity index is 758. The van der Waals surface area contributed by atoms with Crippen LogP contribution in [0.1, 0.15) is 91.4 Å². The van der Waals surface area contributed by atoms with Crippen LogP contribution in [0.2, 0.25) is 0 Å². The number of unbranched alkanes of at least 4 members (excludes halogenated alkanes) is 2. The van der Waals surface area contributed by atoms with Crippen molar-refractivity contribution in [1.29, 1.82) is 5.53 Å². The summed E-state index contributed by atoms with van der Waals surface area (Å²) in [6.07, 6.45) is 10.9. The molecule has 192 valence electrons. The average molecular weight is 479 g/mol. The van der Waals surface area contributed by atoms with Gasteiger partial charge in [-0.1, -0.05) is 6.42 Å². The summed E-state index contributed by atoms with van der Waals surface area (Å²) in [6.45, 7) is 6.34. The second-order valence-electron chi connectivity index (χ2n) is 11.6. The highest BCUT2D eigenvalue weighted by molar-refractivity contribution is 5.88. The smallest absolute Gasteiger partial charge is 0.306 e. The van der Waals surface area contributed by atoms with E-state index >= 15 is 0 Å². The first-order valence-electron chi connectivity index (χ1n) is 13.2. The standard InChI is InChI=1S/C26H42N2O6/c1-25(2,24(30)18-9-11-20-22(14-18)33-20)31-12-6-4-5-7-23(29)34-26(3,16-28-27)15-17-8-10-19-21(13-17)32-19/h17-22,27H,4-16H2,1-3H3. The van der Waals surface area contributed by atoms with E-state index in [4.69, 9.17) is 24.5 Å². The molecule has 4 rings (SSSR count). The number of nitrogens with one attached hydrogen (secondary N) is 1. The molecule has 0 aromatic rings. The molecule has 0 bridgehead atoms. The van der Waals surface area contributed by atoms with Crippen LogP contribution in [0.15, 0.2) is 5.11 Å². The third-order valence-corrected chi connectivity index (χ3v) is 8.06. The second-order valence-corrected chi connectivity index (χ2v) is 11.6. The quantitative estimate of drug-likeness (QED) is 0.166. The topological polar surface area (TPSA) is 114 Å². The van der Waals surface area contributed by atoms with E-state index in [1.165, 1.54) is 0 Å². The van der Waals surface area contributed by atoms with E-state index in [-0.39, 0.29) is 30.3 Å². The van der Waals surface area contributed by atoms with Gasteiger partial charge in [-0.3, -0.25) is 9.59 Å². The highest BCUT2D eigenvalue weighted by atomic mass is 16.6. The van der Waals surface area contributed by atoms with Crippen LogP contribution in [-0.4, -0.2) is 60.5 Å². The molecule has 0 radical (unpaired) electrons. The molecule has 2 saturated heterocycles. The Balaban J connectivity index is 1.10. The van der Waals surface area contributed by atoms with Crippen LogP contribution in [0.5, 0.6) is 0 Å². The van der Waals surface area contributed by atoms with Gasteiger partial charge in [0.15, 0.2) is 5.78 Å². The maximum atomic E-state index is 12.9. The molecular weight excluding hydrogens is 436 g/mol. The Hall–Kier alpha value is -1.38. The van der Waals surface area contributed by atoms with E-state index in [1.807, 2.05) is 20.8 Å². The first-order valence-corrected chi connectivity index (χ1v) is 13.2. The Morgan fingerprint density at radius 2 is 1.65 bits per heavy atom. The highest BCUT2D eigenvalue weighted by Crippen LogP contribution is 2.43. The van der Waals surface area contributed by atoms with Gasteiger partial charge < -0.3 is 18.9 Å². The number of hydrogen-bond acceptors (Lipinski definition) is 8. The van der Waals surface area contributed by atoms with Gasteiger partial charge in [0.2, 0.25) is 0 Å². The van der Waals surface area contributed by atoms with E-state index in [0.717, 1.165) is 57.8 Å². The monoisotopic (exact) mass is 478 g/mol. The lowest BCUT2D eigenvalue weighted by molar-refractivity contribution is -0.159. The second kappa shape index (κ2) is 10.7. The van der Waals surface area contributed by atoms with Crippen molar-refractivity contribution in [2.75, 3.05) is 13.2 Å². The number of carbonyl (C=O) groups is 2. The van der Waals surface area contributed by atoms with Crippen molar-refractivity contribution in [3.63, 3.8) is 0 Å². The first kappa shape index (κ1) is 25.7. The number of Topliss-reactive ketones (excluding diaryl/α,β-unsaturated/α-hetero) is 1. The minimum absolute atomic E-state index is 0.0464. The minimum atomic E-state index is -0.780. The Labute approximate surface area is 203 Å². The van der Waals surface area contributed by atoms with Crippen LogP contribution >= 0.6 is 0 Å². The number of carbonyl (C=O) groups excluding carboxylic acids is 2. The maximum Gasteiger partial charge on any atom is 0.306 e. The largest absolute Gasteiger partial charge is 0.457 e. The third kappa shape index (κ3) is 6.85. The first-order chi connectivity index (χ1) is 16.2. The van der Waals surface area contributed by atoms with Crippen LogP contribution in [-0.2, 0) is 28.5 Å². The molecule has 2 heterocycles. The number of rotatable bonds is 14. The van der Waals surface area contributed by atoms with Gasteiger partial charge in [-0.15, -0.1) is 0 Å². The summed E-state index contributed by atoms with van der Waals surface area (Å²) in [5.74, 6) is 0.464. The fourth-order valence-electron chi connectivity index (χ4n) is 5.99. The van der Waals surface area contributed by atoms with Crippen LogP contribution in [0.25, 0.3) is 0 Å². The van der Waals surface area contributed by atoms with Crippen LogP contribution in [0.4, 0.5) is 0 Å². The zero-order valence-corrected chi connectivity index (χ0v) is 21.1. The Morgan fingerprint density at radius 3 is 2.32 bits per heavy atom. The summed E-state index contributed by atoms with van der Waals surface area (Å²) >= 11 is 0. The molecule has 2 aliphatic heterocycles. The molecule has 0 spiro atoms. The molecule has 7 unspecified atom stereocenters. The number of ether oxygens (including phenoxy) is 4. The number of esters is 1. The van der Waals surface area contributed by atoms with Gasteiger partial charge in [0, 0.05) is 18.9 Å². The van der Waals surface area contributed by atoms with Gasteiger partial charge in [0.25, 0.3) is 0 Å². The summed E-state index contributed by atoms with van der Waals surface area (Å²) in [5.41, 5.74) is 5.81. The summed E-state index contributed by atoms with van der Waals surface area (Å²) in [6, 6.07) is 0. The van der Waals surface area contributed by atoms with Crippen LogP contribution < -0.4 is 0 Å². The summed E-state index contributed by atoms with van der Waals surface area (Å²) in [5, 5.41) is 3.54. The number of epoxide rings is 2. The van der Waals surface area contributed by atoms with E-state index in [2.05, 4.69) is 5.11 Å². The predicted molar refractivity (Wildman–Crippen MR) is 125 cm³/mol. The zero-order chi connectivity index (χ0) is 24.3. The lowest BCUT2D eigenvalue weighted by Crippen LogP contribution is -2.41. The molecule has 2 saturated carbocycles. The van der Waals surface area contributed by atoms with Crippen molar-refractivity contribution in [2.45, 2.75) is 127 Å². The normalized spacial score (nSPS) is 33.7. The molecule has 34 heavy (non-hydrogen) atoms. The molecule has 1 N–H and O–H groups in total. The van der Waals surface area contributed by atoms with Gasteiger partial charge in [-0.2, -0.15) is 5.11 Å². The van der Waals surface area contributed by atoms with Gasteiger partial charge >= 0.3 is 5.97 Å². The lowest BCUT2D eigenvalue weighted by atomic mass is 9.81. The fraction of sp³-hybridized carbons (Fsp3) is 0.923. The van der Waals surface area contributed by atoms with Gasteiger partial charge in [0.05, 0.1) is 31.0 Å². The fourth-order valence-corrected chi connectivity index (χ4v) is 5.99. The van der Waals surface area contributed by atoms with Crippen LogP contribution in [0.3, 0.4) is 0 Å². The Morgan fingerprint density at radius 1 is 0.941 bits per heavy atom. The van der Waals surface area contributed by atoms with Crippen LogP contribution in [0, 0.1) is 17.4 Å². The highest BCUT2D eigenvalue weighted by Gasteiger charge is 2.48. The van der Waals surface area contributed by atoms with E-state index < -0.39 is 11.2 Å². The summed E-state index contributed by atoms with van der Waals surface area (Å²) in [7, 11) is 0. The van der Waals surface area contributed by atoms with E-state index in [9.17, 15) is 9.59 Å². The molecule has 8 heteroatoms. The SMILES string of the molecule is CC(CN=N)(CC1CCC2OC2C1)OC(=O)CCCCCOC(C)(C)C(=O)C1CCC2OC2C1. The van der Waals surface area contributed by atoms with Crippen molar-refractivity contribution in [3.8, 4) is 0 Å². The van der Waals surface area contributed by atoms with Gasteiger partial charge in [-0.05, 0) is 84.5 Å². The van der Waals surface area contributed by atoms with Gasteiger partial charge in [-0.25, -0.2) is 5.53 Å². The maximum absolute atomic E-state index is 12.9. The minimum Gasteiger partial charge on any atom is -0.457 e. The predicted octanol–water partition coefficient (Wildman–Crippen LogP) is 4.77. The zero-order valence-electron chi connectivity index (χ0n) is 21.1. The van der Waals surface area contributed by atoms with Crippen molar-refractivity contribution in [3.05, 3.63) is 0 Å². The van der Waals surface area contributed by atoms with Gasteiger partial charge in [0.1, 0.15) is 11.2 Å². The summed E-state index contributed by atoms with van der Waals surface area (Å²) in [4.78, 5) is 25.4. The third-order valence-electron chi connectivity index (χ3n) is 8.06. The molecular formula is C26H42N2O6. The Kier molecular flexibility index (Phi) is 8.09. The van der Waals surface area contributed by atoms with Crippen molar-refractivity contribution in [1.82, 2.24) is 0 Å². The molecule has 2 aliphatic carbocycles. The molecule has 4 aliphatic rings. The number of nitrogens with zero attached hydrogens (tertiary/aromatic N) is 1. The van der Waals surface area contributed by atoms with E-state index in [0.29, 0.717) is 43.7 Å². The molecule has 0 aromatic carbocycles. The molecule has 0 amide bonds.